The highest BCUT2D eigenvalue weighted by Gasteiger charge is 2.42. The third-order valence-electron chi connectivity index (χ3n) is 7.31. The topological polar surface area (TPSA) is 152 Å². The van der Waals surface area contributed by atoms with E-state index in [0.717, 1.165) is 96.8 Å². The fourth-order valence-electron chi connectivity index (χ4n) is 4.78. The molecule has 4 amide bonds. The first-order valence-electron chi connectivity index (χ1n) is 16.1. The van der Waals surface area contributed by atoms with Crippen LogP contribution < -0.4 is 9.80 Å². The summed E-state index contributed by atoms with van der Waals surface area (Å²) in [6.45, 7) is 4.20. The number of anilines is 2. The molecular formula is C34H42N4O8S2. The number of esters is 2. The molecule has 2 aliphatic rings. The maximum absolute atomic E-state index is 13.8. The largest absolute Gasteiger partial charge is 0.466 e. The third-order valence-corrected chi connectivity index (χ3v) is 9.24. The monoisotopic (exact) mass is 698 g/mol. The number of amidine groups is 2. The Balaban J connectivity index is 2.06. The van der Waals surface area contributed by atoms with Gasteiger partial charge >= 0.3 is 11.9 Å². The van der Waals surface area contributed by atoms with Crippen LogP contribution in [0.25, 0.3) is 0 Å². The number of benzene rings is 1. The number of hydrogen-bond donors (Lipinski definition) is 0. The highest BCUT2D eigenvalue weighted by molar-refractivity contribution is 8.19. The summed E-state index contributed by atoms with van der Waals surface area (Å²) >= 11 is 1.66. The Bertz CT molecular complexity index is 1410. The van der Waals surface area contributed by atoms with Gasteiger partial charge in [-0.05, 0) is 48.5 Å². The van der Waals surface area contributed by atoms with Crippen LogP contribution in [0.15, 0.2) is 56.2 Å². The van der Waals surface area contributed by atoms with Crippen molar-refractivity contribution in [1.82, 2.24) is 0 Å². The predicted octanol–water partition coefficient (Wildman–Crippen LogP) is 6.45. The molecule has 2 aliphatic heterocycles. The first-order valence-corrected chi connectivity index (χ1v) is 17.7. The van der Waals surface area contributed by atoms with Gasteiger partial charge in [-0.25, -0.2) is 9.59 Å². The van der Waals surface area contributed by atoms with Crippen molar-refractivity contribution < 1.29 is 38.2 Å². The number of methoxy groups -OCH3 is 2. The smallest absolute Gasteiger partial charge is 0.331 e. The highest BCUT2D eigenvalue weighted by atomic mass is 32.2. The Morgan fingerprint density at radius 1 is 0.646 bits per heavy atom. The van der Waals surface area contributed by atoms with Gasteiger partial charge in [0.25, 0.3) is 11.8 Å². The number of aliphatic imine (C=N–C) groups is 2. The van der Waals surface area contributed by atoms with E-state index < -0.39 is 35.6 Å². The zero-order valence-electron chi connectivity index (χ0n) is 27.8. The van der Waals surface area contributed by atoms with Gasteiger partial charge in [-0.2, -0.15) is 9.98 Å². The van der Waals surface area contributed by atoms with Crippen molar-refractivity contribution in [3.8, 4) is 0 Å². The van der Waals surface area contributed by atoms with Crippen LogP contribution >= 0.6 is 23.5 Å². The molecule has 0 saturated carbocycles. The number of hydrogen-bond acceptors (Lipinski definition) is 10. The van der Waals surface area contributed by atoms with Crippen LogP contribution in [0.1, 0.15) is 90.9 Å². The number of rotatable bonds is 16. The van der Waals surface area contributed by atoms with Gasteiger partial charge in [-0.1, -0.05) is 77.3 Å². The number of nitrogens with zero attached hydrogens (tertiary/aromatic N) is 4. The number of para-hydroxylation sites is 2. The number of amides is 4. The van der Waals surface area contributed by atoms with Gasteiger partial charge in [-0.3, -0.25) is 29.0 Å². The second kappa shape index (κ2) is 19.7. The Labute approximate surface area is 289 Å². The molecule has 0 aromatic heterocycles. The van der Waals surface area contributed by atoms with Crippen molar-refractivity contribution >= 4 is 80.8 Å². The van der Waals surface area contributed by atoms with Crippen LogP contribution in [0.3, 0.4) is 0 Å². The average molecular weight is 699 g/mol. The van der Waals surface area contributed by atoms with Crippen LogP contribution in [0, 0.1) is 0 Å². The maximum Gasteiger partial charge on any atom is 0.331 e. The molecule has 2 saturated heterocycles. The van der Waals surface area contributed by atoms with Gasteiger partial charge in [0.1, 0.15) is 0 Å². The van der Waals surface area contributed by atoms with E-state index in [4.69, 9.17) is 9.47 Å². The zero-order valence-corrected chi connectivity index (χ0v) is 29.5. The first kappa shape index (κ1) is 38.4. The van der Waals surface area contributed by atoms with Gasteiger partial charge in [0.05, 0.1) is 35.4 Å². The molecular weight excluding hydrogens is 657 g/mol. The SMILES string of the molecule is CCCCCCCC(=O)N=C1S/C(=C\C(=O)OC)C(=O)N1c1ccccc1N1C(=O)/C(=C/C(=O)OC)SC1=NC(=O)CCCCCCC. The number of carbonyl (C=O) groups excluding carboxylic acids is 6. The lowest BCUT2D eigenvalue weighted by atomic mass is 10.1. The van der Waals surface area contributed by atoms with Crippen molar-refractivity contribution in [2.24, 2.45) is 9.98 Å². The molecule has 0 atom stereocenters. The molecule has 0 bridgehead atoms. The van der Waals surface area contributed by atoms with Crippen LogP contribution in [0.2, 0.25) is 0 Å². The van der Waals surface area contributed by atoms with Crippen LogP contribution in [0.5, 0.6) is 0 Å². The molecule has 0 aliphatic carbocycles. The molecule has 2 fully saturated rings. The Hall–Kier alpha value is -4.04. The molecule has 48 heavy (non-hydrogen) atoms. The second-order valence-electron chi connectivity index (χ2n) is 10.9. The average Bonchev–Trinajstić information content (AvgIpc) is 3.53. The number of thioether (sulfide) groups is 2. The molecule has 12 nitrogen and oxygen atoms in total. The summed E-state index contributed by atoms with van der Waals surface area (Å²) in [5.41, 5.74) is 0.288. The summed E-state index contributed by atoms with van der Waals surface area (Å²) in [4.78, 5) is 88.5. The number of unbranched alkanes of at least 4 members (excludes halogenated alkanes) is 8. The van der Waals surface area contributed by atoms with Crippen molar-refractivity contribution in [3.63, 3.8) is 0 Å². The fraction of sp³-hybridized carbons (Fsp3) is 0.471. The second-order valence-corrected chi connectivity index (χ2v) is 13.0. The van der Waals surface area contributed by atoms with E-state index in [0.29, 0.717) is 12.8 Å². The van der Waals surface area contributed by atoms with E-state index in [1.807, 2.05) is 0 Å². The highest BCUT2D eigenvalue weighted by Crippen LogP contribution is 2.43. The molecule has 0 spiro atoms. The summed E-state index contributed by atoms with van der Waals surface area (Å²) < 4.78 is 9.44. The summed E-state index contributed by atoms with van der Waals surface area (Å²) in [6, 6.07) is 6.35. The fourth-order valence-corrected chi connectivity index (χ4v) is 6.68. The van der Waals surface area contributed by atoms with Crippen molar-refractivity contribution in [1.29, 1.82) is 0 Å². The van der Waals surface area contributed by atoms with Gasteiger partial charge in [0.15, 0.2) is 10.3 Å². The third kappa shape index (κ3) is 10.7. The van der Waals surface area contributed by atoms with E-state index >= 15 is 0 Å². The van der Waals surface area contributed by atoms with Crippen molar-refractivity contribution in [2.45, 2.75) is 90.9 Å². The van der Waals surface area contributed by atoms with E-state index in [2.05, 4.69) is 23.8 Å². The van der Waals surface area contributed by atoms with Crippen molar-refractivity contribution in [2.75, 3.05) is 24.0 Å². The molecule has 2 heterocycles. The molecule has 258 valence electrons. The minimum Gasteiger partial charge on any atom is -0.466 e. The van der Waals surface area contributed by atoms with Gasteiger partial charge in [0, 0.05) is 25.0 Å². The van der Waals surface area contributed by atoms with Crippen LogP contribution in [0.4, 0.5) is 11.4 Å². The normalized spacial score (nSPS) is 18.1. The van der Waals surface area contributed by atoms with E-state index in [1.54, 1.807) is 24.3 Å². The van der Waals surface area contributed by atoms with E-state index in [9.17, 15) is 28.8 Å². The summed E-state index contributed by atoms with van der Waals surface area (Å²) in [6.07, 6.45) is 11.7. The molecule has 1 aromatic rings. The zero-order chi connectivity index (χ0) is 35.1. The summed E-state index contributed by atoms with van der Waals surface area (Å²) in [5.74, 6) is -3.75. The lowest BCUT2D eigenvalue weighted by Gasteiger charge is -2.24. The standard InChI is InChI=1S/C34H42N4O8S2/c1-5-7-9-11-13-19-27(39)35-33-37(31(43)25(47-33)21-29(41)45-3)23-17-15-16-18-24(23)38-32(44)26(22-30(42)46-4)48-34(38)36-28(40)20-14-12-10-8-6-2/h15-18,21-22H,5-14,19-20H2,1-4H3/b25-21-,26-22-,35-33?,36-34?. The molecule has 0 N–H and O–H groups in total. The first-order chi connectivity index (χ1) is 23.1. The minimum atomic E-state index is -0.770. The van der Waals surface area contributed by atoms with Gasteiger partial charge in [0.2, 0.25) is 11.8 Å². The summed E-state index contributed by atoms with van der Waals surface area (Å²) in [5, 5.41) is -0.0140. The molecule has 0 radical (unpaired) electrons. The van der Waals surface area contributed by atoms with Gasteiger partial charge < -0.3 is 9.47 Å². The van der Waals surface area contributed by atoms with Crippen molar-refractivity contribution in [3.05, 3.63) is 46.2 Å². The molecule has 1 aromatic carbocycles. The number of carbonyl (C=O) groups is 6. The van der Waals surface area contributed by atoms with E-state index in [-0.39, 0.29) is 44.4 Å². The van der Waals surface area contributed by atoms with E-state index in [1.165, 1.54) is 14.2 Å². The van der Waals surface area contributed by atoms with Gasteiger partial charge in [-0.15, -0.1) is 0 Å². The lowest BCUT2D eigenvalue weighted by molar-refractivity contribution is -0.135. The maximum atomic E-state index is 13.8. The summed E-state index contributed by atoms with van der Waals surface area (Å²) in [7, 11) is 2.36. The quantitative estimate of drug-likeness (QED) is 0.107. The Kier molecular flexibility index (Phi) is 15.8. The Morgan fingerprint density at radius 3 is 1.38 bits per heavy atom. The minimum absolute atomic E-state index is 0.00701. The molecule has 14 heteroatoms. The van der Waals surface area contributed by atoms with Crippen LogP contribution in [-0.2, 0) is 38.2 Å². The number of ether oxygens (including phenoxy) is 2. The predicted molar refractivity (Wildman–Crippen MR) is 188 cm³/mol. The molecule has 0 unspecified atom stereocenters. The Morgan fingerprint density at radius 2 is 1.02 bits per heavy atom. The van der Waals surface area contributed by atoms with Crippen LogP contribution in [-0.4, -0.2) is 60.1 Å². The lowest BCUT2D eigenvalue weighted by Crippen LogP contribution is -2.35. The molecule has 3 rings (SSSR count).